The maximum Gasteiger partial charge on any atom is 0.307 e. The van der Waals surface area contributed by atoms with Crippen LogP contribution in [0.1, 0.15) is 6.42 Å². The number of nitrogens with zero attached hydrogens (tertiary/aromatic N) is 4. The van der Waals surface area contributed by atoms with Crippen LogP contribution in [0.4, 0.5) is 5.95 Å². The number of anilines is 1. The molecule has 7 nitrogen and oxygen atoms in total. The van der Waals surface area contributed by atoms with Crippen LogP contribution in [0.15, 0.2) is 30.6 Å². The lowest BCUT2D eigenvalue weighted by Gasteiger charge is -2.37. The van der Waals surface area contributed by atoms with Gasteiger partial charge >= 0.3 is 5.97 Å². The first-order valence-electron chi connectivity index (χ1n) is 8.37. The maximum absolute atomic E-state index is 12.9. The zero-order valence-electron chi connectivity index (χ0n) is 13.3. The Hall–Kier alpha value is -2.44. The highest BCUT2D eigenvalue weighted by atomic mass is 16.4. The molecule has 4 atom stereocenters. The van der Waals surface area contributed by atoms with Gasteiger partial charge in [-0.15, -0.1) is 0 Å². The fraction of sp³-hybridized carbons (Fsp3) is 0.529. The second kappa shape index (κ2) is 5.89. The molecule has 1 N–H and O–H groups in total. The lowest BCUT2D eigenvalue weighted by atomic mass is 9.82. The van der Waals surface area contributed by atoms with Gasteiger partial charge in [0.05, 0.1) is 11.8 Å². The second-order valence-electron chi connectivity index (χ2n) is 6.70. The summed E-state index contributed by atoms with van der Waals surface area (Å²) in [5.74, 6) is -1.05. The Balaban J connectivity index is 1.43. The molecule has 4 unspecified atom stereocenters. The Bertz CT molecular complexity index is 670. The average Bonchev–Trinajstić information content (AvgIpc) is 3.23. The molecule has 0 spiro atoms. The van der Waals surface area contributed by atoms with Gasteiger partial charge in [0.1, 0.15) is 0 Å². The number of piperazine rings is 1. The van der Waals surface area contributed by atoms with Crippen LogP contribution in [-0.4, -0.2) is 58.0 Å². The zero-order valence-corrected chi connectivity index (χ0v) is 13.3. The van der Waals surface area contributed by atoms with Crippen molar-refractivity contribution in [2.45, 2.75) is 6.42 Å². The zero-order chi connectivity index (χ0) is 16.7. The third kappa shape index (κ3) is 2.44. The number of fused-ring (bicyclic) bond motifs is 2. The molecule has 2 bridgehead atoms. The van der Waals surface area contributed by atoms with Gasteiger partial charge < -0.3 is 14.9 Å². The molecule has 0 radical (unpaired) electrons. The number of amides is 1. The van der Waals surface area contributed by atoms with E-state index in [0.29, 0.717) is 32.1 Å². The van der Waals surface area contributed by atoms with Crippen molar-refractivity contribution in [2.24, 2.45) is 23.7 Å². The van der Waals surface area contributed by atoms with Crippen LogP contribution >= 0.6 is 0 Å². The molecular formula is C17H20N4O3. The quantitative estimate of drug-likeness (QED) is 0.820. The third-order valence-electron chi connectivity index (χ3n) is 5.46. The van der Waals surface area contributed by atoms with Crippen molar-refractivity contribution in [3.63, 3.8) is 0 Å². The topological polar surface area (TPSA) is 86.6 Å². The highest BCUT2D eigenvalue weighted by molar-refractivity contribution is 5.87. The van der Waals surface area contributed by atoms with Crippen LogP contribution in [0.5, 0.6) is 0 Å². The number of rotatable bonds is 3. The van der Waals surface area contributed by atoms with Crippen molar-refractivity contribution in [1.82, 2.24) is 14.9 Å². The van der Waals surface area contributed by atoms with Gasteiger partial charge in [-0.25, -0.2) is 9.97 Å². The minimum Gasteiger partial charge on any atom is -0.481 e. The molecule has 2 heterocycles. The number of aromatic nitrogens is 2. The van der Waals surface area contributed by atoms with E-state index in [-0.39, 0.29) is 17.7 Å². The van der Waals surface area contributed by atoms with Crippen molar-refractivity contribution in [1.29, 1.82) is 0 Å². The van der Waals surface area contributed by atoms with Gasteiger partial charge in [0.25, 0.3) is 0 Å². The predicted molar refractivity (Wildman–Crippen MR) is 86.2 cm³/mol. The van der Waals surface area contributed by atoms with Crippen LogP contribution in [0.2, 0.25) is 0 Å². The Kier molecular flexibility index (Phi) is 3.70. The fourth-order valence-corrected chi connectivity index (χ4v) is 4.29. The van der Waals surface area contributed by atoms with E-state index in [0.717, 1.165) is 6.42 Å². The van der Waals surface area contributed by atoms with Gasteiger partial charge in [0, 0.05) is 38.6 Å². The summed E-state index contributed by atoms with van der Waals surface area (Å²) in [5.41, 5.74) is 0. The summed E-state index contributed by atoms with van der Waals surface area (Å²) in [4.78, 5) is 36.9. The van der Waals surface area contributed by atoms with Gasteiger partial charge in [-0.1, -0.05) is 12.2 Å². The van der Waals surface area contributed by atoms with Crippen molar-refractivity contribution in [2.75, 3.05) is 31.1 Å². The molecule has 4 rings (SSSR count). The molecule has 126 valence electrons. The molecule has 1 aromatic rings. The standard InChI is InChI=1S/C17H20N4O3/c22-15(13-11-2-3-12(10-11)14(13)16(23)24)20-6-8-21(9-7-20)17-18-4-1-5-19-17/h1-5,11-14H,6-10H2,(H,23,24). The molecule has 1 aromatic heterocycles. The number of hydrogen-bond acceptors (Lipinski definition) is 5. The Morgan fingerprint density at radius 2 is 1.62 bits per heavy atom. The molecule has 1 aliphatic heterocycles. The first-order chi connectivity index (χ1) is 11.6. The first kappa shape index (κ1) is 15.1. The smallest absolute Gasteiger partial charge is 0.307 e. The SMILES string of the molecule is O=C(O)C1C2C=CC(C2)C1C(=O)N1CCN(c2ncccn2)CC1. The van der Waals surface area contributed by atoms with Gasteiger partial charge in [0.2, 0.25) is 11.9 Å². The predicted octanol–water partition coefficient (Wildman–Crippen LogP) is 0.648. The van der Waals surface area contributed by atoms with Gasteiger partial charge in [-0.3, -0.25) is 9.59 Å². The summed E-state index contributed by atoms with van der Waals surface area (Å²) in [6, 6.07) is 1.78. The maximum atomic E-state index is 12.9. The molecule has 24 heavy (non-hydrogen) atoms. The van der Waals surface area contributed by atoms with E-state index in [9.17, 15) is 14.7 Å². The summed E-state index contributed by atoms with van der Waals surface area (Å²) in [6.45, 7) is 2.51. The third-order valence-corrected chi connectivity index (χ3v) is 5.46. The fourth-order valence-electron chi connectivity index (χ4n) is 4.29. The largest absolute Gasteiger partial charge is 0.481 e. The number of carboxylic acid groups (broad SMARTS) is 1. The van der Waals surface area contributed by atoms with E-state index in [1.807, 2.05) is 17.1 Å². The van der Waals surface area contributed by atoms with E-state index in [4.69, 9.17) is 0 Å². The summed E-state index contributed by atoms with van der Waals surface area (Å²) in [6.07, 6.45) is 8.21. The number of carbonyl (C=O) groups is 2. The van der Waals surface area contributed by atoms with Gasteiger partial charge in [-0.2, -0.15) is 0 Å². The molecule has 1 amide bonds. The molecule has 1 saturated carbocycles. The van der Waals surface area contributed by atoms with E-state index >= 15 is 0 Å². The lowest BCUT2D eigenvalue weighted by molar-refractivity contribution is -0.151. The minimum atomic E-state index is -0.846. The summed E-state index contributed by atoms with van der Waals surface area (Å²) in [7, 11) is 0. The van der Waals surface area contributed by atoms with Crippen molar-refractivity contribution >= 4 is 17.8 Å². The summed E-state index contributed by atoms with van der Waals surface area (Å²) in [5, 5.41) is 9.51. The van der Waals surface area contributed by atoms with Crippen molar-refractivity contribution in [3.8, 4) is 0 Å². The van der Waals surface area contributed by atoms with Crippen molar-refractivity contribution < 1.29 is 14.7 Å². The van der Waals surface area contributed by atoms with Crippen LogP contribution in [0.3, 0.4) is 0 Å². The number of carbonyl (C=O) groups excluding carboxylic acids is 1. The summed E-state index contributed by atoms with van der Waals surface area (Å²) < 4.78 is 0. The van der Waals surface area contributed by atoms with E-state index in [2.05, 4.69) is 14.9 Å². The Morgan fingerprint density at radius 3 is 2.25 bits per heavy atom. The highest BCUT2D eigenvalue weighted by Crippen LogP contribution is 2.48. The van der Waals surface area contributed by atoms with E-state index in [1.165, 1.54) is 0 Å². The normalized spacial score (nSPS) is 31.5. The number of hydrogen-bond donors (Lipinski definition) is 1. The molecule has 1 saturated heterocycles. The van der Waals surface area contributed by atoms with Gasteiger partial charge in [0.15, 0.2) is 0 Å². The van der Waals surface area contributed by atoms with Crippen LogP contribution in [0, 0.1) is 23.7 Å². The summed E-state index contributed by atoms with van der Waals surface area (Å²) >= 11 is 0. The number of aliphatic carboxylic acids is 1. The minimum absolute atomic E-state index is 0.00659. The van der Waals surface area contributed by atoms with Crippen LogP contribution in [0.25, 0.3) is 0 Å². The van der Waals surface area contributed by atoms with Crippen molar-refractivity contribution in [3.05, 3.63) is 30.6 Å². The molecular weight excluding hydrogens is 308 g/mol. The average molecular weight is 328 g/mol. The van der Waals surface area contributed by atoms with Gasteiger partial charge in [-0.05, 0) is 24.3 Å². The van der Waals surface area contributed by atoms with Crippen LogP contribution in [-0.2, 0) is 9.59 Å². The lowest BCUT2D eigenvalue weighted by Crippen LogP contribution is -2.52. The van der Waals surface area contributed by atoms with Crippen LogP contribution < -0.4 is 4.90 Å². The molecule has 7 heteroatoms. The number of allylic oxidation sites excluding steroid dienone is 2. The second-order valence-corrected chi connectivity index (χ2v) is 6.70. The monoisotopic (exact) mass is 328 g/mol. The first-order valence-corrected chi connectivity index (χ1v) is 8.37. The Labute approximate surface area is 140 Å². The molecule has 2 aliphatic carbocycles. The van der Waals surface area contributed by atoms with E-state index in [1.54, 1.807) is 18.5 Å². The molecule has 3 aliphatic rings. The molecule has 0 aromatic carbocycles. The van der Waals surface area contributed by atoms with E-state index < -0.39 is 17.8 Å². The number of carboxylic acids is 1. The highest BCUT2D eigenvalue weighted by Gasteiger charge is 2.52. The molecule has 2 fully saturated rings. The Morgan fingerprint density at radius 1 is 1.00 bits per heavy atom.